The standard InChI is InChI=1S/C15H27N3O2/c1-4-6-9-18(10-14(17)19)15(12(16)5-2)13-8-7-11(3)20-13/h7-8,12,15H,4-6,9-10,16H2,1-3H3,(H2,17,19). The van der Waals surface area contributed by atoms with Crippen molar-refractivity contribution in [1.29, 1.82) is 0 Å². The van der Waals surface area contributed by atoms with Crippen molar-refractivity contribution in [3.05, 3.63) is 23.7 Å². The van der Waals surface area contributed by atoms with Gasteiger partial charge in [0, 0.05) is 6.04 Å². The second-order valence-corrected chi connectivity index (χ2v) is 5.26. The maximum Gasteiger partial charge on any atom is 0.231 e. The lowest BCUT2D eigenvalue weighted by atomic mass is 10.0. The van der Waals surface area contributed by atoms with Gasteiger partial charge in [-0.25, -0.2) is 0 Å². The number of unbranched alkanes of at least 4 members (excludes halogenated alkanes) is 1. The number of rotatable bonds is 9. The Balaban J connectivity index is 2.99. The van der Waals surface area contributed by atoms with E-state index in [0.717, 1.165) is 37.3 Å². The van der Waals surface area contributed by atoms with E-state index in [9.17, 15) is 4.79 Å². The number of hydrogen-bond donors (Lipinski definition) is 2. The molecule has 0 radical (unpaired) electrons. The molecule has 4 N–H and O–H groups in total. The molecule has 0 aliphatic heterocycles. The van der Waals surface area contributed by atoms with Crippen LogP contribution in [0.15, 0.2) is 16.5 Å². The first kappa shape index (κ1) is 16.7. The van der Waals surface area contributed by atoms with E-state index in [4.69, 9.17) is 15.9 Å². The Morgan fingerprint density at radius 2 is 2.10 bits per heavy atom. The fraction of sp³-hybridized carbons (Fsp3) is 0.667. The number of furan rings is 1. The molecule has 2 unspecified atom stereocenters. The van der Waals surface area contributed by atoms with Crippen molar-refractivity contribution in [2.45, 2.75) is 52.1 Å². The van der Waals surface area contributed by atoms with Crippen LogP contribution in [0, 0.1) is 6.92 Å². The molecule has 114 valence electrons. The van der Waals surface area contributed by atoms with E-state index >= 15 is 0 Å². The Morgan fingerprint density at radius 3 is 2.55 bits per heavy atom. The van der Waals surface area contributed by atoms with Crippen LogP contribution < -0.4 is 11.5 Å². The first-order chi connectivity index (χ1) is 9.49. The van der Waals surface area contributed by atoms with Gasteiger partial charge in [-0.2, -0.15) is 0 Å². The molecule has 0 aliphatic rings. The maximum absolute atomic E-state index is 11.3. The Morgan fingerprint density at radius 1 is 1.40 bits per heavy atom. The molecule has 0 fully saturated rings. The third-order valence-electron chi connectivity index (χ3n) is 3.48. The summed E-state index contributed by atoms with van der Waals surface area (Å²) in [5.74, 6) is 1.33. The predicted molar refractivity (Wildman–Crippen MR) is 80.1 cm³/mol. The Bertz CT molecular complexity index is 417. The number of amides is 1. The highest BCUT2D eigenvalue weighted by Gasteiger charge is 2.29. The molecule has 1 amide bonds. The summed E-state index contributed by atoms with van der Waals surface area (Å²) in [5.41, 5.74) is 11.6. The molecular formula is C15H27N3O2. The van der Waals surface area contributed by atoms with Crippen molar-refractivity contribution >= 4 is 5.91 Å². The lowest BCUT2D eigenvalue weighted by molar-refractivity contribution is -0.120. The summed E-state index contributed by atoms with van der Waals surface area (Å²) in [6.07, 6.45) is 2.87. The van der Waals surface area contributed by atoms with E-state index in [1.165, 1.54) is 0 Å². The van der Waals surface area contributed by atoms with Crippen LogP contribution in [-0.2, 0) is 4.79 Å². The van der Waals surface area contributed by atoms with E-state index in [2.05, 4.69) is 6.92 Å². The summed E-state index contributed by atoms with van der Waals surface area (Å²) in [6.45, 7) is 7.06. The summed E-state index contributed by atoms with van der Waals surface area (Å²) in [7, 11) is 0. The molecule has 1 heterocycles. The van der Waals surface area contributed by atoms with E-state index in [1.807, 2.05) is 30.9 Å². The maximum atomic E-state index is 11.3. The van der Waals surface area contributed by atoms with Crippen LogP contribution >= 0.6 is 0 Å². The number of carbonyl (C=O) groups excluding carboxylic acids is 1. The van der Waals surface area contributed by atoms with Crippen molar-refractivity contribution in [3.63, 3.8) is 0 Å². The number of nitrogens with two attached hydrogens (primary N) is 2. The van der Waals surface area contributed by atoms with Gasteiger partial charge >= 0.3 is 0 Å². The van der Waals surface area contributed by atoms with Crippen LogP contribution in [0.3, 0.4) is 0 Å². The smallest absolute Gasteiger partial charge is 0.231 e. The number of primary amides is 1. The van der Waals surface area contributed by atoms with Crippen LogP contribution in [0.25, 0.3) is 0 Å². The fourth-order valence-corrected chi connectivity index (χ4v) is 2.38. The molecule has 0 saturated heterocycles. The topological polar surface area (TPSA) is 85.5 Å². The van der Waals surface area contributed by atoms with Gasteiger partial charge in [0.05, 0.1) is 12.6 Å². The monoisotopic (exact) mass is 281 g/mol. The molecule has 1 aromatic rings. The number of aryl methyl sites for hydroxylation is 1. The van der Waals surface area contributed by atoms with Gasteiger partial charge < -0.3 is 15.9 Å². The van der Waals surface area contributed by atoms with E-state index < -0.39 is 0 Å². The van der Waals surface area contributed by atoms with E-state index in [0.29, 0.717) is 0 Å². The highest BCUT2D eigenvalue weighted by Crippen LogP contribution is 2.27. The normalized spacial score (nSPS) is 14.4. The largest absolute Gasteiger partial charge is 0.465 e. The van der Waals surface area contributed by atoms with Crippen molar-refractivity contribution < 1.29 is 9.21 Å². The van der Waals surface area contributed by atoms with Gasteiger partial charge in [0.25, 0.3) is 0 Å². The van der Waals surface area contributed by atoms with Gasteiger partial charge in [0.2, 0.25) is 5.91 Å². The molecule has 0 aromatic carbocycles. The molecule has 0 bridgehead atoms. The molecular weight excluding hydrogens is 254 g/mol. The lowest BCUT2D eigenvalue weighted by Crippen LogP contribution is -2.44. The van der Waals surface area contributed by atoms with Crippen LogP contribution in [0.5, 0.6) is 0 Å². The highest BCUT2D eigenvalue weighted by molar-refractivity contribution is 5.76. The predicted octanol–water partition coefficient (Wildman–Crippen LogP) is 1.95. The van der Waals surface area contributed by atoms with Crippen molar-refractivity contribution in [2.24, 2.45) is 11.5 Å². The summed E-state index contributed by atoms with van der Waals surface area (Å²) in [6, 6.07) is 3.67. The summed E-state index contributed by atoms with van der Waals surface area (Å²) < 4.78 is 5.74. The van der Waals surface area contributed by atoms with Crippen LogP contribution in [0.4, 0.5) is 0 Å². The zero-order valence-electron chi connectivity index (χ0n) is 12.8. The van der Waals surface area contributed by atoms with Crippen LogP contribution in [0.1, 0.15) is 50.7 Å². The van der Waals surface area contributed by atoms with Gasteiger partial charge in [-0.15, -0.1) is 0 Å². The molecule has 0 saturated carbocycles. The third kappa shape index (κ3) is 4.65. The molecule has 0 spiro atoms. The van der Waals surface area contributed by atoms with Gasteiger partial charge in [0.15, 0.2) is 0 Å². The minimum atomic E-state index is -0.335. The number of carbonyl (C=O) groups is 1. The summed E-state index contributed by atoms with van der Waals surface area (Å²) in [5, 5.41) is 0. The highest BCUT2D eigenvalue weighted by atomic mass is 16.3. The van der Waals surface area contributed by atoms with Crippen LogP contribution in [-0.4, -0.2) is 29.9 Å². The molecule has 1 rings (SSSR count). The van der Waals surface area contributed by atoms with Gasteiger partial charge in [-0.1, -0.05) is 20.3 Å². The molecule has 5 heteroatoms. The summed E-state index contributed by atoms with van der Waals surface area (Å²) in [4.78, 5) is 13.4. The Labute approximate surface area is 121 Å². The molecule has 1 aromatic heterocycles. The quantitative estimate of drug-likeness (QED) is 0.724. The Hall–Kier alpha value is -1.33. The zero-order valence-corrected chi connectivity index (χ0v) is 12.8. The third-order valence-corrected chi connectivity index (χ3v) is 3.48. The lowest BCUT2D eigenvalue weighted by Gasteiger charge is -2.33. The molecule has 2 atom stereocenters. The first-order valence-electron chi connectivity index (χ1n) is 7.33. The molecule has 20 heavy (non-hydrogen) atoms. The Kier molecular flexibility index (Phi) is 6.75. The second kappa shape index (κ2) is 8.07. The van der Waals surface area contributed by atoms with Gasteiger partial charge in [-0.3, -0.25) is 9.69 Å². The van der Waals surface area contributed by atoms with E-state index in [-0.39, 0.29) is 24.5 Å². The fourth-order valence-electron chi connectivity index (χ4n) is 2.38. The minimum Gasteiger partial charge on any atom is -0.465 e. The van der Waals surface area contributed by atoms with Crippen molar-refractivity contribution in [1.82, 2.24) is 4.90 Å². The van der Waals surface area contributed by atoms with Crippen LogP contribution in [0.2, 0.25) is 0 Å². The number of nitrogens with zero attached hydrogens (tertiary/aromatic N) is 1. The van der Waals surface area contributed by atoms with Gasteiger partial charge in [0.1, 0.15) is 11.5 Å². The number of hydrogen-bond acceptors (Lipinski definition) is 4. The summed E-state index contributed by atoms with van der Waals surface area (Å²) >= 11 is 0. The minimum absolute atomic E-state index is 0.0863. The SMILES string of the molecule is CCCCN(CC(N)=O)C(c1ccc(C)o1)C(N)CC. The average Bonchev–Trinajstić information content (AvgIpc) is 2.81. The molecule has 0 aliphatic carbocycles. The van der Waals surface area contributed by atoms with E-state index in [1.54, 1.807) is 0 Å². The first-order valence-corrected chi connectivity index (χ1v) is 7.33. The molecule has 5 nitrogen and oxygen atoms in total. The van der Waals surface area contributed by atoms with Crippen molar-refractivity contribution in [2.75, 3.05) is 13.1 Å². The van der Waals surface area contributed by atoms with Gasteiger partial charge in [-0.05, 0) is 38.4 Å². The average molecular weight is 281 g/mol. The zero-order chi connectivity index (χ0) is 15.1. The van der Waals surface area contributed by atoms with Crippen molar-refractivity contribution in [3.8, 4) is 0 Å². The second-order valence-electron chi connectivity index (χ2n) is 5.26.